The number of rotatable bonds is 4. The zero-order chi connectivity index (χ0) is 13.0. The molecule has 0 radical (unpaired) electrons. The average Bonchev–Trinajstić information content (AvgIpc) is 2.83. The molecule has 0 bridgehead atoms. The molecule has 0 saturated carbocycles. The van der Waals surface area contributed by atoms with Gasteiger partial charge in [-0.1, -0.05) is 6.07 Å². The zero-order valence-corrected chi connectivity index (χ0v) is 12.0. The van der Waals surface area contributed by atoms with Gasteiger partial charge in [-0.15, -0.1) is 11.3 Å². The standard InChI is InChI=1S/C12H11BrN2O2S/c1-17-10-3-2-8(6-14-10)7-15-12(16)11-9(13)4-5-18-11/h2-6H,7H2,1H3,(H,15,16). The Morgan fingerprint density at radius 3 is 2.89 bits per heavy atom. The van der Waals surface area contributed by atoms with Crippen LogP contribution < -0.4 is 10.1 Å². The van der Waals surface area contributed by atoms with Crippen LogP contribution in [0.2, 0.25) is 0 Å². The lowest BCUT2D eigenvalue weighted by Gasteiger charge is -2.05. The van der Waals surface area contributed by atoms with E-state index in [1.807, 2.05) is 17.5 Å². The highest BCUT2D eigenvalue weighted by atomic mass is 79.9. The maximum atomic E-state index is 11.8. The monoisotopic (exact) mass is 326 g/mol. The molecule has 0 aliphatic rings. The molecule has 0 unspecified atom stereocenters. The van der Waals surface area contributed by atoms with E-state index in [1.165, 1.54) is 11.3 Å². The van der Waals surface area contributed by atoms with Crippen LogP contribution in [0.15, 0.2) is 34.2 Å². The minimum absolute atomic E-state index is 0.0901. The Hall–Kier alpha value is -1.40. The largest absolute Gasteiger partial charge is 0.481 e. The van der Waals surface area contributed by atoms with Gasteiger partial charge >= 0.3 is 0 Å². The minimum atomic E-state index is -0.0901. The third kappa shape index (κ3) is 3.08. The maximum Gasteiger partial charge on any atom is 0.262 e. The first-order chi connectivity index (χ1) is 8.70. The van der Waals surface area contributed by atoms with Gasteiger partial charge in [0.1, 0.15) is 4.88 Å². The average molecular weight is 327 g/mol. The van der Waals surface area contributed by atoms with E-state index in [1.54, 1.807) is 19.4 Å². The Bertz CT molecular complexity index is 539. The molecule has 0 atom stereocenters. The van der Waals surface area contributed by atoms with Gasteiger partial charge in [-0.3, -0.25) is 4.79 Å². The highest BCUT2D eigenvalue weighted by Crippen LogP contribution is 2.22. The Labute approximate surface area is 117 Å². The molecule has 0 spiro atoms. The van der Waals surface area contributed by atoms with Gasteiger partial charge in [0.05, 0.1) is 7.11 Å². The lowest BCUT2D eigenvalue weighted by atomic mass is 10.3. The van der Waals surface area contributed by atoms with Crippen molar-refractivity contribution in [3.63, 3.8) is 0 Å². The number of halogens is 1. The summed E-state index contributed by atoms with van der Waals surface area (Å²) in [5.74, 6) is 0.471. The van der Waals surface area contributed by atoms with Gasteiger partial charge < -0.3 is 10.1 Å². The fourth-order valence-corrected chi connectivity index (χ4v) is 2.82. The van der Waals surface area contributed by atoms with Crippen LogP contribution in [0.4, 0.5) is 0 Å². The van der Waals surface area contributed by atoms with Crippen LogP contribution in [0.3, 0.4) is 0 Å². The van der Waals surface area contributed by atoms with Crippen molar-refractivity contribution in [3.05, 3.63) is 44.7 Å². The van der Waals surface area contributed by atoms with Crippen LogP contribution in [-0.4, -0.2) is 18.0 Å². The summed E-state index contributed by atoms with van der Waals surface area (Å²) in [6.07, 6.45) is 1.68. The molecule has 0 fully saturated rings. The van der Waals surface area contributed by atoms with Crippen molar-refractivity contribution in [2.45, 2.75) is 6.54 Å². The van der Waals surface area contributed by atoms with E-state index in [2.05, 4.69) is 26.2 Å². The third-order valence-electron chi connectivity index (χ3n) is 2.28. The van der Waals surface area contributed by atoms with Gasteiger partial charge in [0.25, 0.3) is 5.91 Å². The fourth-order valence-electron chi connectivity index (χ4n) is 1.35. The number of pyridine rings is 1. The molecule has 2 aromatic heterocycles. The first-order valence-electron chi connectivity index (χ1n) is 5.21. The molecule has 0 aliphatic heterocycles. The third-order valence-corrected chi connectivity index (χ3v) is 4.12. The lowest BCUT2D eigenvalue weighted by molar-refractivity contribution is 0.0954. The van der Waals surface area contributed by atoms with Gasteiger partial charge in [0.2, 0.25) is 5.88 Å². The number of hydrogen-bond acceptors (Lipinski definition) is 4. The Morgan fingerprint density at radius 1 is 1.50 bits per heavy atom. The van der Waals surface area contributed by atoms with Crippen molar-refractivity contribution in [1.82, 2.24) is 10.3 Å². The van der Waals surface area contributed by atoms with Crippen molar-refractivity contribution in [2.75, 3.05) is 7.11 Å². The highest BCUT2D eigenvalue weighted by Gasteiger charge is 2.10. The van der Waals surface area contributed by atoms with E-state index in [9.17, 15) is 4.79 Å². The molecule has 2 rings (SSSR count). The second kappa shape index (κ2) is 5.97. The SMILES string of the molecule is COc1ccc(CNC(=O)c2sccc2Br)cn1. The van der Waals surface area contributed by atoms with Gasteiger partial charge in [0, 0.05) is 23.3 Å². The molecule has 2 aromatic rings. The second-order valence-corrected chi connectivity index (χ2v) is 5.26. The number of nitrogens with zero attached hydrogens (tertiary/aromatic N) is 1. The summed E-state index contributed by atoms with van der Waals surface area (Å²) in [6.45, 7) is 0.445. The summed E-state index contributed by atoms with van der Waals surface area (Å²) in [4.78, 5) is 16.6. The van der Waals surface area contributed by atoms with Gasteiger partial charge in [-0.2, -0.15) is 0 Å². The van der Waals surface area contributed by atoms with E-state index in [0.717, 1.165) is 10.0 Å². The highest BCUT2D eigenvalue weighted by molar-refractivity contribution is 9.10. The molecule has 0 saturated heterocycles. The molecule has 94 valence electrons. The molecule has 0 aromatic carbocycles. The van der Waals surface area contributed by atoms with Crippen LogP contribution >= 0.6 is 27.3 Å². The zero-order valence-electron chi connectivity index (χ0n) is 9.64. The van der Waals surface area contributed by atoms with Crippen molar-refractivity contribution < 1.29 is 9.53 Å². The second-order valence-electron chi connectivity index (χ2n) is 3.49. The first kappa shape index (κ1) is 13.0. The quantitative estimate of drug-likeness (QED) is 0.939. The van der Waals surface area contributed by atoms with Crippen molar-refractivity contribution in [1.29, 1.82) is 0 Å². The number of methoxy groups -OCH3 is 1. The number of nitrogens with one attached hydrogen (secondary N) is 1. The number of amides is 1. The van der Waals surface area contributed by atoms with Crippen LogP contribution in [0.1, 0.15) is 15.2 Å². The van der Waals surface area contributed by atoms with E-state index < -0.39 is 0 Å². The summed E-state index contributed by atoms with van der Waals surface area (Å²) < 4.78 is 5.78. The van der Waals surface area contributed by atoms with Crippen LogP contribution in [-0.2, 0) is 6.54 Å². The number of thiophene rings is 1. The fraction of sp³-hybridized carbons (Fsp3) is 0.167. The molecule has 0 aliphatic carbocycles. The molecule has 4 nitrogen and oxygen atoms in total. The maximum absolute atomic E-state index is 11.8. The van der Waals surface area contributed by atoms with Crippen LogP contribution in [0.25, 0.3) is 0 Å². The van der Waals surface area contributed by atoms with E-state index in [4.69, 9.17) is 4.74 Å². The molecule has 18 heavy (non-hydrogen) atoms. The summed E-state index contributed by atoms with van der Waals surface area (Å²) in [5, 5.41) is 4.71. The molecule has 1 N–H and O–H groups in total. The van der Waals surface area contributed by atoms with Crippen molar-refractivity contribution in [2.24, 2.45) is 0 Å². The topological polar surface area (TPSA) is 51.2 Å². The normalized spacial score (nSPS) is 10.1. The smallest absolute Gasteiger partial charge is 0.262 e. The molecular weight excluding hydrogens is 316 g/mol. The Morgan fingerprint density at radius 2 is 2.33 bits per heavy atom. The van der Waals surface area contributed by atoms with Gasteiger partial charge in [0.15, 0.2) is 0 Å². The molecule has 1 amide bonds. The summed E-state index contributed by atoms with van der Waals surface area (Å²) in [6, 6.07) is 5.49. The summed E-state index contributed by atoms with van der Waals surface area (Å²) >= 11 is 4.74. The number of ether oxygens (including phenoxy) is 1. The van der Waals surface area contributed by atoms with Crippen LogP contribution in [0.5, 0.6) is 5.88 Å². The predicted octanol–water partition coefficient (Wildman–Crippen LogP) is 2.84. The van der Waals surface area contributed by atoms with Crippen molar-refractivity contribution >= 4 is 33.2 Å². The number of carbonyl (C=O) groups excluding carboxylic acids is 1. The Balaban J connectivity index is 1.95. The van der Waals surface area contributed by atoms with E-state index in [0.29, 0.717) is 17.3 Å². The van der Waals surface area contributed by atoms with E-state index in [-0.39, 0.29) is 5.91 Å². The lowest BCUT2D eigenvalue weighted by Crippen LogP contribution is -2.22. The number of aromatic nitrogens is 1. The minimum Gasteiger partial charge on any atom is -0.481 e. The molecule has 6 heteroatoms. The van der Waals surface area contributed by atoms with Gasteiger partial charge in [-0.25, -0.2) is 4.98 Å². The van der Waals surface area contributed by atoms with Crippen molar-refractivity contribution in [3.8, 4) is 5.88 Å². The number of hydrogen-bond donors (Lipinski definition) is 1. The predicted molar refractivity (Wildman–Crippen MR) is 74.0 cm³/mol. The summed E-state index contributed by atoms with van der Waals surface area (Å²) in [7, 11) is 1.57. The van der Waals surface area contributed by atoms with Crippen LogP contribution in [0, 0.1) is 0 Å². The number of carbonyl (C=O) groups is 1. The molecule has 2 heterocycles. The van der Waals surface area contributed by atoms with E-state index >= 15 is 0 Å². The first-order valence-corrected chi connectivity index (χ1v) is 6.88. The summed E-state index contributed by atoms with van der Waals surface area (Å²) in [5.41, 5.74) is 0.928. The molecular formula is C12H11BrN2O2S. The Kier molecular flexibility index (Phi) is 4.33. The van der Waals surface area contributed by atoms with Gasteiger partial charge in [-0.05, 0) is 32.9 Å².